The van der Waals surface area contributed by atoms with Crippen molar-refractivity contribution in [1.29, 1.82) is 0 Å². The van der Waals surface area contributed by atoms with E-state index in [0.717, 1.165) is 25.7 Å². The van der Waals surface area contributed by atoms with Crippen LogP contribution in [0.2, 0.25) is 0 Å². The third-order valence-electron chi connectivity index (χ3n) is 14.1. The fraction of sp³-hybridized carbons (Fsp3) is 0.939. The molecule has 6 aliphatic rings. The number of carbonyl (C=O) groups is 2. The maximum Gasteiger partial charge on any atom is 0.490 e. The normalized spacial score (nSPS) is 49.8. The van der Waals surface area contributed by atoms with Crippen molar-refractivity contribution in [2.24, 2.45) is 51.1 Å². The predicted molar refractivity (Wildman–Crippen MR) is 153 cm³/mol. The Kier molecular flexibility index (Phi) is 7.07. The van der Waals surface area contributed by atoms with Gasteiger partial charge in [-0.1, -0.05) is 27.7 Å². The van der Waals surface area contributed by atoms with E-state index in [0.29, 0.717) is 25.7 Å². The highest BCUT2D eigenvalue weighted by molar-refractivity contribution is 5.76. The number of hydrogen-bond donors (Lipinski definition) is 3. The Morgan fingerprint density at radius 2 is 1.64 bits per heavy atom. The Hall–Kier alpha value is -1.43. The predicted octanol–water partition coefficient (Wildman–Crippen LogP) is 4.67. The van der Waals surface area contributed by atoms with Gasteiger partial charge in [0.05, 0.1) is 23.3 Å². The first kappa shape index (κ1) is 32.5. The van der Waals surface area contributed by atoms with Crippen LogP contribution in [0.15, 0.2) is 0 Å². The molecule has 6 rings (SSSR count). The van der Waals surface area contributed by atoms with Crippen LogP contribution in [-0.2, 0) is 23.8 Å². The summed E-state index contributed by atoms with van der Waals surface area (Å²) in [5.74, 6) is -3.27. The van der Waals surface area contributed by atoms with Gasteiger partial charge in [-0.05, 0) is 111 Å². The first-order valence-corrected chi connectivity index (χ1v) is 16.4. The lowest BCUT2D eigenvalue weighted by atomic mass is 9.43. The first-order chi connectivity index (χ1) is 20.1. The second-order valence-electron chi connectivity index (χ2n) is 16.8. The van der Waals surface area contributed by atoms with Gasteiger partial charge in [0.2, 0.25) is 0 Å². The van der Waals surface area contributed by atoms with Crippen LogP contribution in [-0.4, -0.2) is 70.0 Å². The largest absolute Gasteiger partial charge is 0.490 e. The monoisotopic (exact) mass is 629 g/mol. The van der Waals surface area contributed by atoms with E-state index in [9.17, 15) is 33.0 Å². The van der Waals surface area contributed by atoms with Gasteiger partial charge in [-0.2, -0.15) is 13.2 Å². The number of alkyl halides is 3. The lowest BCUT2D eigenvalue weighted by Crippen LogP contribution is -2.70. The van der Waals surface area contributed by atoms with Crippen LogP contribution in [0.3, 0.4) is 0 Å². The van der Waals surface area contributed by atoms with Gasteiger partial charge in [-0.15, -0.1) is 0 Å². The summed E-state index contributed by atoms with van der Waals surface area (Å²) in [6, 6.07) is 0. The van der Waals surface area contributed by atoms with Crippen LogP contribution in [0.25, 0.3) is 0 Å². The molecule has 2 spiro atoms. The molecule has 0 radical (unpaired) electrons. The number of aliphatic hydroxyl groups is 2. The van der Waals surface area contributed by atoms with Crippen LogP contribution >= 0.6 is 0 Å². The molecule has 13 atom stereocenters. The molecule has 0 bridgehead atoms. The number of rotatable bonds is 4. The molecule has 1 aliphatic heterocycles. The molecule has 1 saturated heterocycles. The van der Waals surface area contributed by atoms with Gasteiger partial charge < -0.3 is 30.2 Å². The van der Waals surface area contributed by atoms with Crippen molar-refractivity contribution in [2.75, 3.05) is 0 Å². The number of fused-ring (bicyclic) bond motifs is 4. The first-order valence-electron chi connectivity index (χ1n) is 16.4. The van der Waals surface area contributed by atoms with E-state index in [2.05, 4.69) is 13.8 Å². The third kappa shape index (κ3) is 4.09. The van der Waals surface area contributed by atoms with E-state index < -0.39 is 65.2 Å². The molecule has 6 fully saturated rings. The molecule has 0 aromatic rings. The summed E-state index contributed by atoms with van der Waals surface area (Å²) in [5, 5.41) is 21.9. The molecule has 8 nitrogen and oxygen atoms in total. The summed E-state index contributed by atoms with van der Waals surface area (Å²) < 4.78 is 59.2. The highest BCUT2D eigenvalue weighted by Gasteiger charge is 2.86. The molecular weight excluding hydrogens is 579 g/mol. The van der Waals surface area contributed by atoms with Crippen molar-refractivity contribution in [3.63, 3.8) is 0 Å². The second-order valence-corrected chi connectivity index (χ2v) is 16.8. The molecule has 0 aromatic heterocycles. The standard InChI is InChI=1S/C33H50F3NO7/c1-16-14-18(24(28(5,6)41)42-17(2)38)43-23-22(16)29(7)12-13-31-15-30(31)11-10-21(39)27(3,4)19(30)8-9-20(31)32(29,37)25(23)44-26(40)33(34,35)36/h16,18-25,39,41H,8-15,37H2,1-7H3. The molecule has 11 heteroatoms. The molecule has 13 unspecified atom stereocenters. The lowest BCUT2D eigenvalue weighted by molar-refractivity contribution is -0.233. The molecule has 250 valence electrons. The summed E-state index contributed by atoms with van der Waals surface area (Å²) in [6.07, 6.45) is -4.04. The Bertz CT molecular complexity index is 1220. The minimum atomic E-state index is -5.22. The molecule has 0 amide bonds. The van der Waals surface area contributed by atoms with Crippen LogP contribution < -0.4 is 5.73 Å². The van der Waals surface area contributed by atoms with Crippen LogP contribution in [0.1, 0.15) is 99.8 Å². The van der Waals surface area contributed by atoms with E-state index >= 15 is 0 Å². The highest BCUT2D eigenvalue weighted by atomic mass is 19.4. The molecular formula is C33H50F3NO7. The number of esters is 2. The molecule has 0 aromatic carbocycles. The van der Waals surface area contributed by atoms with Crippen molar-refractivity contribution in [3.8, 4) is 0 Å². The van der Waals surface area contributed by atoms with Gasteiger partial charge in [0.15, 0.2) is 6.10 Å². The number of aliphatic hydroxyl groups excluding tert-OH is 1. The summed E-state index contributed by atoms with van der Waals surface area (Å²) >= 11 is 0. The minimum Gasteiger partial charge on any atom is -0.457 e. The van der Waals surface area contributed by atoms with Crippen LogP contribution in [0.5, 0.6) is 0 Å². The number of carbonyl (C=O) groups excluding carboxylic acids is 2. The van der Waals surface area contributed by atoms with Gasteiger partial charge in [0.1, 0.15) is 12.2 Å². The van der Waals surface area contributed by atoms with E-state index in [1.807, 2.05) is 13.8 Å². The summed E-state index contributed by atoms with van der Waals surface area (Å²) in [5.41, 5.74) is 3.59. The zero-order valence-electron chi connectivity index (χ0n) is 27.0. The van der Waals surface area contributed by atoms with Crippen LogP contribution in [0.4, 0.5) is 13.2 Å². The van der Waals surface area contributed by atoms with Gasteiger partial charge in [-0.25, -0.2) is 4.79 Å². The zero-order valence-corrected chi connectivity index (χ0v) is 27.0. The Labute approximate surface area is 257 Å². The van der Waals surface area contributed by atoms with E-state index in [1.54, 1.807) is 0 Å². The molecule has 44 heavy (non-hydrogen) atoms. The Balaban J connectivity index is 1.44. The van der Waals surface area contributed by atoms with Gasteiger partial charge in [-0.3, -0.25) is 4.79 Å². The average molecular weight is 630 g/mol. The fourth-order valence-corrected chi connectivity index (χ4v) is 12.3. The summed E-state index contributed by atoms with van der Waals surface area (Å²) in [7, 11) is 0. The van der Waals surface area contributed by atoms with E-state index in [4.69, 9.17) is 19.9 Å². The molecule has 4 N–H and O–H groups in total. The van der Waals surface area contributed by atoms with Gasteiger partial charge in [0, 0.05) is 6.92 Å². The Morgan fingerprint density at radius 3 is 2.23 bits per heavy atom. The third-order valence-corrected chi connectivity index (χ3v) is 14.1. The smallest absolute Gasteiger partial charge is 0.457 e. The maximum atomic E-state index is 13.8. The molecule has 5 aliphatic carbocycles. The maximum absolute atomic E-state index is 13.8. The van der Waals surface area contributed by atoms with E-state index in [1.165, 1.54) is 20.8 Å². The van der Waals surface area contributed by atoms with Crippen LogP contribution in [0, 0.1) is 45.3 Å². The van der Waals surface area contributed by atoms with Gasteiger partial charge in [0.25, 0.3) is 0 Å². The van der Waals surface area contributed by atoms with Gasteiger partial charge >= 0.3 is 18.1 Å². The zero-order chi connectivity index (χ0) is 32.6. The fourth-order valence-electron chi connectivity index (χ4n) is 12.3. The number of halogens is 3. The number of ether oxygens (including phenoxy) is 3. The number of nitrogens with two attached hydrogens (primary N) is 1. The number of hydrogen-bond acceptors (Lipinski definition) is 8. The SMILES string of the molecule is CC(=O)OC(C1CC(C)C2C(O1)C(OC(=O)C(F)(F)F)C1(N)C3CCC4C(C)(C)C(O)CCC45CC35CCC21C)C(C)(C)O. The van der Waals surface area contributed by atoms with Crippen molar-refractivity contribution in [2.45, 2.75) is 148 Å². The van der Waals surface area contributed by atoms with Crippen molar-refractivity contribution in [3.05, 3.63) is 0 Å². The minimum absolute atomic E-state index is 0.0466. The molecule has 1 heterocycles. The summed E-state index contributed by atoms with van der Waals surface area (Å²) in [6.45, 7) is 12.6. The van der Waals surface area contributed by atoms with E-state index in [-0.39, 0.29) is 39.9 Å². The lowest BCUT2D eigenvalue weighted by Gasteiger charge is -2.63. The summed E-state index contributed by atoms with van der Waals surface area (Å²) in [4.78, 5) is 24.7. The van der Waals surface area contributed by atoms with Crippen molar-refractivity contribution < 1.29 is 47.2 Å². The second kappa shape index (κ2) is 9.57. The quantitative estimate of drug-likeness (QED) is 0.383. The van der Waals surface area contributed by atoms with Crippen molar-refractivity contribution >= 4 is 11.9 Å². The van der Waals surface area contributed by atoms with Crippen molar-refractivity contribution in [1.82, 2.24) is 0 Å². The average Bonchev–Trinajstić information content (AvgIpc) is 3.51. The topological polar surface area (TPSA) is 128 Å². The molecule has 5 saturated carbocycles. The highest BCUT2D eigenvalue weighted by Crippen LogP contribution is 2.87. The Morgan fingerprint density at radius 1 is 1.02 bits per heavy atom.